The SMILES string of the molecule is CC1CCc2c(C(=O)NCc3cccc(C(=O)N4CCCC4)c3)csc2C1. The molecule has 2 aromatic rings. The number of carbonyl (C=O) groups excluding carboxylic acids is 2. The second-order valence-electron chi connectivity index (χ2n) is 7.78. The molecule has 2 heterocycles. The summed E-state index contributed by atoms with van der Waals surface area (Å²) in [5.74, 6) is 0.808. The first-order chi connectivity index (χ1) is 13.1. The molecule has 142 valence electrons. The fourth-order valence-corrected chi connectivity index (χ4v) is 5.31. The van der Waals surface area contributed by atoms with Crippen LogP contribution < -0.4 is 5.32 Å². The highest BCUT2D eigenvalue weighted by atomic mass is 32.1. The maximum atomic E-state index is 12.7. The molecule has 4 rings (SSSR count). The van der Waals surface area contributed by atoms with Gasteiger partial charge in [-0.25, -0.2) is 0 Å². The lowest BCUT2D eigenvalue weighted by atomic mass is 9.88. The highest BCUT2D eigenvalue weighted by molar-refractivity contribution is 7.10. The molecular weight excluding hydrogens is 356 g/mol. The van der Waals surface area contributed by atoms with Gasteiger partial charge in [0.1, 0.15) is 0 Å². The minimum atomic E-state index is -0.00155. The van der Waals surface area contributed by atoms with Gasteiger partial charge in [-0.2, -0.15) is 0 Å². The Morgan fingerprint density at radius 1 is 1.26 bits per heavy atom. The molecule has 5 heteroatoms. The number of amides is 2. The summed E-state index contributed by atoms with van der Waals surface area (Å²) in [5.41, 5.74) is 3.76. The van der Waals surface area contributed by atoms with Crippen molar-refractivity contribution in [2.75, 3.05) is 13.1 Å². The van der Waals surface area contributed by atoms with Crippen LogP contribution in [0.5, 0.6) is 0 Å². The monoisotopic (exact) mass is 382 g/mol. The highest BCUT2D eigenvalue weighted by Crippen LogP contribution is 2.32. The van der Waals surface area contributed by atoms with Gasteiger partial charge in [-0.05, 0) is 61.3 Å². The summed E-state index contributed by atoms with van der Waals surface area (Å²) in [6, 6.07) is 7.64. The molecule has 2 aliphatic rings. The zero-order valence-corrected chi connectivity index (χ0v) is 16.6. The van der Waals surface area contributed by atoms with E-state index in [1.807, 2.05) is 34.5 Å². The number of benzene rings is 1. The third-order valence-corrected chi connectivity index (χ3v) is 6.72. The van der Waals surface area contributed by atoms with Crippen LogP contribution in [0.2, 0.25) is 0 Å². The molecule has 0 bridgehead atoms. The van der Waals surface area contributed by atoms with Gasteiger partial charge < -0.3 is 10.2 Å². The Hall–Kier alpha value is -2.14. The second kappa shape index (κ2) is 7.85. The molecule has 1 N–H and O–H groups in total. The fraction of sp³-hybridized carbons (Fsp3) is 0.455. The van der Waals surface area contributed by atoms with Crippen molar-refractivity contribution in [2.45, 2.75) is 45.6 Å². The quantitative estimate of drug-likeness (QED) is 0.868. The molecule has 1 aromatic heterocycles. The topological polar surface area (TPSA) is 49.4 Å². The van der Waals surface area contributed by atoms with Crippen molar-refractivity contribution in [3.05, 3.63) is 56.8 Å². The number of rotatable bonds is 4. The molecular formula is C22H26N2O2S. The standard InChI is InChI=1S/C22H26N2O2S/c1-15-7-8-18-19(14-27-20(18)11-15)21(25)23-13-16-5-4-6-17(12-16)22(26)24-9-2-3-10-24/h4-6,12,14-15H,2-3,7-11,13H2,1H3,(H,23,25). The molecule has 2 amide bonds. The Bertz CT molecular complexity index is 852. The van der Waals surface area contributed by atoms with Crippen LogP contribution in [-0.4, -0.2) is 29.8 Å². The van der Waals surface area contributed by atoms with Gasteiger partial charge in [0, 0.05) is 35.5 Å². The normalized spacial score (nSPS) is 19.0. The molecule has 1 aromatic carbocycles. The van der Waals surface area contributed by atoms with Crippen molar-refractivity contribution in [1.29, 1.82) is 0 Å². The van der Waals surface area contributed by atoms with E-state index in [1.165, 1.54) is 10.4 Å². The Kier molecular flexibility index (Phi) is 5.30. The van der Waals surface area contributed by atoms with Crippen LogP contribution in [-0.2, 0) is 19.4 Å². The van der Waals surface area contributed by atoms with Crippen LogP contribution in [0.4, 0.5) is 0 Å². The van der Waals surface area contributed by atoms with Gasteiger partial charge >= 0.3 is 0 Å². The summed E-state index contributed by atoms with van der Waals surface area (Å²) in [4.78, 5) is 28.5. The largest absolute Gasteiger partial charge is 0.348 e. The van der Waals surface area contributed by atoms with Gasteiger partial charge in [0.15, 0.2) is 0 Å². The van der Waals surface area contributed by atoms with E-state index in [4.69, 9.17) is 0 Å². The van der Waals surface area contributed by atoms with Gasteiger partial charge in [-0.15, -0.1) is 11.3 Å². The summed E-state index contributed by atoms with van der Waals surface area (Å²) in [5, 5.41) is 5.05. The van der Waals surface area contributed by atoms with E-state index < -0.39 is 0 Å². The van der Waals surface area contributed by atoms with Crippen molar-refractivity contribution < 1.29 is 9.59 Å². The Labute approximate surface area is 164 Å². The van der Waals surface area contributed by atoms with Gasteiger partial charge in [0.2, 0.25) is 0 Å². The van der Waals surface area contributed by atoms with Crippen molar-refractivity contribution in [2.24, 2.45) is 5.92 Å². The second-order valence-corrected chi connectivity index (χ2v) is 8.75. The average Bonchev–Trinajstić information content (AvgIpc) is 3.35. The van der Waals surface area contributed by atoms with Crippen molar-refractivity contribution in [3.8, 4) is 0 Å². The molecule has 4 nitrogen and oxygen atoms in total. The predicted molar refractivity (Wildman–Crippen MR) is 108 cm³/mol. The van der Waals surface area contributed by atoms with Gasteiger partial charge in [-0.3, -0.25) is 9.59 Å². The molecule has 1 unspecified atom stereocenters. The van der Waals surface area contributed by atoms with Crippen LogP contribution >= 0.6 is 11.3 Å². The maximum Gasteiger partial charge on any atom is 0.253 e. The minimum absolute atomic E-state index is 0.00155. The zero-order valence-electron chi connectivity index (χ0n) is 15.8. The molecule has 1 aliphatic carbocycles. The number of nitrogens with zero attached hydrogens (tertiary/aromatic N) is 1. The molecule has 1 atom stereocenters. The van der Waals surface area contributed by atoms with Crippen LogP contribution in [0.1, 0.15) is 62.9 Å². The first kappa shape index (κ1) is 18.2. The molecule has 1 aliphatic heterocycles. The van der Waals surface area contributed by atoms with E-state index >= 15 is 0 Å². The summed E-state index contributed by atoms with van der Waals surface area (Å²) < 4.78 is 0. The Morgan fingerprint density at radius 2 is 2.07 bits per heavy atom. The van der Waals surface area contributed by atoms with Crippen LogP contribution in [0, 0.1) is 5.92 Å². The van der Waals surface area contributed by atoms with Crippen molar-refractivity contribution in [1.82, 2.24) is 10.2 Å². The molecule has 1 saturated heterocycles. The number of hydrogen-bond acceptors (Lipinski definition) is 3. The Balaban J connectivity index is 1.41. The van der Waals surface area contributed by atoms with Crippen LogP contribution in [0.3, 0.4) is 0 Å². The Morgan fingerprint density at radius 3 is 2.89 bits per heavy atom. The van der Waals surface area contributed by atoms with E-state index in [0.717, 1.165) is 56.3 Å². The lowest BCUT2D eigenvalue weighted by molar-refractivity contribution is 0.0792. The number of fused-ring (bicyclic) bond motifs is 1. The van der Waals surface area contributed by atoms with Gasteiger partial charge in [-0.1, -0.05) is 19.1 Å². The first-order valence-electron chi connectivity index (χ1n) is 9.87. The van der Waals surface area contributed by atoms with Crippen molar-refractivity contribution in [3.63, 3.8) is 0 Å². The summed E-state index contributed by atoms with van der Waals surface area (Å²) in [7, 11) is 0. The van der Waals surface area contributed by atoms with Gasteiger partial charge in [0.05, 0.1) is 5.56 Å². The predicted octanol–water partition coefficient (Wildman–Crippen LogP) is 4.04. The summed E-state index contributed by atoms with van der Waals surface area (Å²) >= 11 is 1.72. The van der Waals surface area contributed by atoms with Crippen molar-refractivity contribution >= 4 is 23.2 Å². The first-order valence-corrected chi connectivity index (χ1v) is 10.8. The summed E-state index contributed by atoms with van der Waals surface area (Å²) in [6.45, 7) is 4.42. The number of carbonyl (C=O) groups is 2. The number of thiophene rings is 1. The van der Waals surface area contributed by atoms with E-state index in [-0.39, 0.29) is 11.8 Å². The van der Waals surface area contributed by atoms with Gasteiger partial charge in [0.25, 0.3) is 11.8 Å². The van der Waals surface area contributed by atoms with E-state index in [0.29, 0.717) is 18.0 Å². The zero-order chi connectivity index (χ0) is 18.8. The third kappa shape index (κ3) is 3.93. The smallest absolute Gasteiger partial charge is 0.253 e. The third-order valence-electron chi connectivity index (χ3n) is 5.67. The molecule has 0 spiro atoms. The molecule has 0 saturated carbocycles. The maximum absolute atomic E-state index is 12.7. The minimum Gasteiger partial charge on any atom is -0.348 e. The van der Waals surface area contributed by atoms with E-state index in [9.17, 15) is 9.59 Å². The van der Waals surface area contributed by atoms with Crippen LogP contribution in [0.25, 0.3) is 0 Å². The van der Waals surface area contributed by atoms with E-state index in [1.54, 1.807) is 11.3 Å². The number of hydrogen-bond donors (Lipinski definition) is 1. The summed E-state index contributed by atoms with van der Waals surface area (Å²) in [6.07, 6.45) is 5.43. The van der Waals surface area contributed by atoms with Crippen LogP contribution in [0.15, 0.2) is 29.6 Å². The lowest BCUT2D eigenvalue weighted by Gasteiger charge is -2.19. The number of likely N-dealkylation sites (tertiary alicyclic amines) is 1. The lowest BCUT2D eigenvalue weighted by Crippen LogP contribution is -2.28. The molecule has 1 fully saturated rings. The molecule has 0 radical (unpaired) electrons. The van der Waals surface area contributed by atoms with E-state index in [2.05, 4.69) is 12.2 Å². The average molecular weight is 383 g/mol. The highest BCUT2D eigenvalue weighted by Gasteiger charge is 2.23. The number of nitrogens with one attached hydrogen (secondary N) is 1. The molecule has 27 heavy (non-hydrogen) atoms. The fourth-order valence-electron chi connectivity index (χ4n) is 4.06.